The van der Waals surface area contributed by atoms with Crippen molar-refractivity contribution in [3.8, 4) is 0 Å². The summed E-state index contributed by atoms with van der Waals surface area (Å²) in [4.78, 5) is 7.16. The number of pyridine rings is 1. The molecule has 6 nitrogen and oxygen atoms in total. The van der Waals surface area contributed by atoms with Gasteiger partial charge in [0, 0.05) is 31.9 Å². The van der Waals surface area contributed by atoms with Crippen molar-refractivity contribution in [2.24, 2.45) is 0 Å². The van der Waals surface area contributed by atoms with Crippen molar-refractivity contribution in [2.75, 3.05) is 19.7 Å². The van der Waals surface area contributed by atoms with Gasteiger partial charge in [0.25, 0.3) is 0 Å². The van der Waals surface area contributed by atoms with Crippen LogP contribution in [0.5, 0.6) is 0 Å². The lowest BCUT2D eigenvalue weighted by Gasteiger charge is -2.32. The van der Waals surface area contributed by atoms with Gasteiger partial charge >= 0.3 is 0 Å². The Kier molecular flexibility index (Phi) is 5.03. The van der Waals surface area contributed by atoms with Crippen LogP contribution in [0.4, 0.5) is 0 Å². The molecule has 0 bridgehead atoms. The highest BCUT2D eigenvalue weighted by Crippen LogP contribution is 2.22. The quantitative estimate of drug-likeness (QED) is 0.848. The van der Waals surface area contributed by atoms with Crippen LogP contribution in [0, 0.1) is 0 Å². The van der Waals surface area contributed by atoms with Gasteiger partial charge in [-0.05, 0) is 25.0 Å². The van der Waals surface area contributed by atoms with Gasteiger partial charge in [-0.15, -0.1) is 10.2 Å². The van der Waals surface area contributed by atoms with Crippen molar-refractivity contribution in [1.29, 1.82) is 0 Å². The maximum atomic E-state index is 5.91. The molecule has 0 saturated carbocycles. The van der Waals surface area contributed by atoms with E-state index in [1.165, 1.54) is 0 Å². The minimum atomic E-state index is -0.0144. The van der Waals surface area contributed by atoms with Crippen molar-refractivity contribution in [3.05, 3.63) is 41.7 Å². The SMILES string of the molecule is CCn1cnnc1[C@H]1CN(Cc2cccc(C(C)C)n2)CCO1. The highest BCUT2D eigenvalue weighted by atomic mass is 16.5. The molecule has 0 radical (unpaired) electrons. The summed E-state index contributed by atoms with van der Waals surface area (Å²) in [5, 5.41) is 8.25. The van der Waals surface area contributed by atoms with Gasteiger partial charge in [-0.1, -0.05) is 19.9 Å². The van der Waals surface area contributed by atoms with Crippen LogP contribution in [-0.4, -0.2) is 44.3 Å². The van der Waals surface area contributed by atoms with Crippen LogP contribution in [0.2, 0.25) is 0 Å². The van der Waals surface area contributed by atoms with E-state index < -0.39 is 0 Å². The Labute approximate surface area is 137 Å². The van der Waals surface area contributed by atoms with Gasteiger partial charge in [0.15, 0.2) is 5.82 Å². The Morgan fingerprint density at radius 3 is 3.00 bits per heavy atom. The van der Waals surface area contributed by atoms with Crippen molar-refractivity contribution < 1.29 is 4.74 Å². The molecule has 2 aromatic heterocycles. The Balaban J connectivity index is 1.68. The second kappa shape index (κ2) is 7.19. The fraction of sp³-hybridized carbons (Fsp3) is 0.588. The number of morpholine rings is 1. The standard InChI is InChI=1S/C17H25N5O/c1-4-22-12-18-20-17(22)16-11-21(8-9-23-16)10-14-6-5-7-15(19-14)13(2)3/h5-7,12-13,16H,4,8-11H2,1-3H3/t16-/m1/s1. The summed E-state index contributed by atoms with van der Waals surface area (Å²) in [7, 11) is 0. The Hall–Kier alpha value is -1.79. The highest BCUT2D eigenvalue weighted by Gasteiger charge is 2.26. The van der Waals surface area contributed by atoms with Crippen LogP contribution in [0.15, 0.2) is 24.5 Å². The third-order valence-electron chi connectivity index (χ3n) is 4.23. The molecule has 3 heterocycles. The highest BCUT2D eigenvalue weighted by molar-refractivity contribution is 5.14. The minimum Gasteiger partial charge on any atom is -0.368 e. The number of ether oxygens (including phenoxy) is 1. The van der Waals surface area contributed by atoms with E-state index in [0.29, 0.717) is 12.5 Å². The summed E-state index contributed by atoms with van der Waals surface area (Å²) in [5.41, 5.74) is 2.27. The average Bonchev–Trinajstić information content (AvgIpc) is 3.04. The number of rotatable bonds is 5. The Morgan fingerprint density at radius 1 is 1.35 bits per heavy atom. The van der Waals surface area contributed by atoms with E-state index in [4.69, 9.17) is 9.72 Å². The summed E-state index contributed by atoms with van der Waals surface area (Å²) in [6.07, 6.45) is 1.75. The summed E-state index contributed by atoms with van der Waals surface area (Å²) in [6.45, 7) is 10.6. The first-order valence-electron chi connectivity index (χ1n) is 8.35. The van der Waals surface area contributed by atoms with Gasteiger partial charge in [0.2, 0.25) is 0 Å². The molecule has 23 heavy (non-hydrogen) atoms. The van der Waals surface area contributed by atoms with Crippen LogP contribution in [0.25, 0.3) is 0 Å². The lowest BCUT2D eigenvalue weighted by atomic mass is 10.1. The second-order valence-electron chi connectivity index (χ2n) is 6.28. The molecule has 1 saturated heterocycles. The molecule has 1 aliphatic heterocycles. The molecule has 1 aliphatic rings. The fourth-order valence-corrected chi connectivity index (χ4v) is 2.90. The number of hydrogen-bond acceptors (Lipinski definition) is 5. The maximum absolute atomic E-state index is 5.91. The van der Waals surface area contributed by atoms with E-state index in [1.807, 2.05) is 4.57 Å². The van der Waals surface area contributed by atoms with Crippen LogP contribution in [-0.2, 0) is 17.8 Å². The molecule has 0 unspecified atom stereocenters. The van der Waals surface area contributed by atoms with Crippen molar-refractivity contribution >= 4 is 0 Å². The number of aryl methyl sites for hydroxylation is 1. The summed E-state index contributed by atoms with van der Waals surface area (Å²) in [5.74, 6) is 1.37. The van der Waals surface area contributed by atoms with Crippen LogP contribution >= 0.6 is 0 Å². The molecule has 0 N–H and O–H groups in total. The Bertz CT molecular complexity index is 639. The zero-order valence-corrected chi connectivity index (χ0v) is 14.1. The molecule has 1 fully saturated rings. The summed E-state index contributed by atoms with van der Waals surface area (Å²) < 4.78 is 7.96. The second-order valence-corrected chi connectivity index (χ2v) is 6.28. The van der Waals surface area contributed by atoms with Crippen LogP contribution < -0.4 is 0 Å². The molecular weight excluding hydrogens is 290 g/mol. The predicted octanol–water partition coefficient (Wildman–Crippen LogP) is 2.39. The monoisotopic (exact) mass is 315 g/mol. The van der Waals surface area contributed by atoms with Gasteiger partial charge in [0.1, 0.15) is 12.4 Å². The number of aromatic nitrogens is 4. The van der Waals surface area contributed by atoms with Crippen LogP contribution in [0.1, 0.15) is 50.0 Å². The third kappa shape index (κ3) is 3.76. The maximum Gasteiger partial charge on any atom is 0.163 e. The van der Waals surface area contributed by atoms with Gasteiger partial charge in [0.05, 0.1) is 12.3 Å². The van der Waals surface area contributed by atoms with Gasteiger partial charge in [-0.2, -0.15) is 0 Å². The van der Waals surface area contributed by atoms with E-state index in [1.54, 1.807) is 6.33 Å². The van der Waals surface area contributed by atoms with Gasteiger partial charge in [-0.3, -0.25) is 9.88 Å². The van der Waals surface area contributed by atoms with E-state index in [0.717, 1.165) is 43.4 Å². The number of nitrogens with zero attached hydrogens (tertiary/aromatic N) is 5. The molecular formula is C17H25N5O. The van der Waals surface area contributed by atoms with E-state index in [-0.39, 0.29) is 6.10 Å². The number of hydrogen-bond donors (Lipinski definition) is 0. The first-order valence-corrected chi connectivity index (χ1v) is 8.35. The predicted molar refractivity (Wildman–Crippen MR) is 88.0 cm³/mol. The van der Waals surface area contributed by atoms with Crippen molar-refractivity contribution in [2.45, 2.75) is 45.9 Å². The third-order valence-corrected chi connectivity index (χ3v) is 4.23. The largest absolute Gasteiger partial charge is 0.368 e. The van der Waals surface area contributed by atoms with E-state index in [2.05, 4.69) is 54.1 Å². The smallest absolute Gasteiger partial charge is 0.163 e. The molecule has 3 rings (SSSR count). The zero-order valence-electron chi connectivity index (χ0n) is 14.1. The summed E-state index contributed by atoms with van der Waals surface area (Å²) >= 11 is 0. The van der Waals surface area contributed by atoms with Crippen molar-refractivity contribution in [3.63, 3.8) is 0 Å². The van der Waals surface area contributed by atoms with E-state index >= 15 is 0 Å². The molecule has 0 aromatic carbocycles. The normalized spacial score (nSPS) is 19.4. The molecule has 0 amide bonds. The molecule has 6 heteroatoms. The zero-order chi connectivity index (χ0) is 16.2. The minimum absolute atomic E-state index is 0.0144. The molecule has 0 spiro atoms. The van der Waals surface area contributed by atoms with Crippen LogP contribution in [0.3, 0.4) is 0 Å². The first-order chi connectivity index (χ1) is 11.2. The fourth-order valence-electron chi connectivity index (χ4n) is 2.90. The Morgan fingerprint density at radius 2 is 2.22 bits per heavy atom. The molecule has 2 aromatic rings. The van der Waals surface area contributed by atoms with Gasteiger partial charge in [-0.25, -0.2) is 0 Å². The molecule has 1 atom stereocenters. The summed E-state index contributed by atoms with van der Waals surface area (Å²) in [6, 6.07) is 6.30. The van der Waals surface area contributed by atoms with Gasteiger partial charge < -0.3 is 9.30 Å². The molecule has 0 aliphatic carbocycles. The average molecular weight is 315 g/mol. The lowest BCUT2D eigenvalue weighted by Crippen LogP contribution is -2.39. The van der Waals surface area contributed by atoms with E-state index in [9.17, 15) is 0 Å². The molecule has 124 valence electrons. The topological polar surface area (TPSA) is 56.1 Å². The lowest BCUT2D eigenvalue weighted by molar-refractivity contribution is -0.0392. The van der Waals surface area contributed by atoms with Crippen molar-refractivity contribution in [1.82, 2.24) is 24.6 Å². The first kappa shape index (κ1) is 16.1.